The van der Waals surface area contributed by atoms with Crippen molar-refractivity contribution in [3.63, 3.8) is 0 Å². The Bertz CT molecular complexity index is 1140. The van der Waals surface area contributed by atoms with E-state index in [2.05, 4.69) is 0 Å². The molecular formula is C28H36O8. The van der Waals surface area contributed by atoms with E-state index in [-0.39, 0.29) is 24.5 Å². The van der Waals surface area contributed by atoms with E-state index in [4.69, 9.17) is 9.47 Å². The Morgan fingerprint density at radius 2 is 1.72 bits per heavy atom. The SMILES string of the molecule is CC1=C(C)C(=O)O[C@@H]([C@]2(C)OC(=O)[C@]34CC[C@H]5[C@@H](C[C@@H](O)[C@@]6(O)CC=CC(=O)[C@]56C)[C@]3(O)CC[C@H]24)C1. The highest BCUT2D eigenvalue weighted by atomic mass is 16.6. The van der Waals surface area contributed by atoms with Crippen LogP contribution < -0.4 is 0 Å². The molecule has 8 nitrogen and oxygen atoms in total. The maximum Gasteiger partial charge on any atom is 0.334 e. The fourth-order valence-corrected chi connectivity index (χ4v) is 9.41. The van der Waals surface area contributed by atoms with Crippen LogP contribution in [0.4, 0.5) is 0 Å². The molecule has 36 heavy (non-hydrogen) atoms. The number of ketones is 1. The number of hydrogen-bond acceptors (Lipinski definition) is 8. The molecule has 0 bridgehead atoms. The second kappa shape index (κ2) is 7.08. The molecule has 0 amide bonds. The van der Waals surface area contributed by atoms with Crippen LogP contribution >= 0.6 is 0 Å². The number of carbonyl (C=O) groups is 3. The number of fused-ring (bicyclic) bond motifs is 4. The van der Waals surface area contributed by atoms with Crippen molar-refractivity contribution in [1.82, 2.24) is 0 Å². The number of cyclic esters (lactones) is 2. The quantitative estimate of drug-likeness (QED) is 0.467. The van der Waals surface area contributed by atoms with Crippen LogP contribution in [0.5, 0.6) is 0 Å². The maximum atomic E-state index is 13.8. The van der Waals surface area contributed by atoms with Gasteiger partial charge in [0.1, 0.15) is 17.1 Å². The molecule has 6 rings (SSSR count). The summed E-state index contributed by atoms with van der Waals surface area (Å²) in [6, 6.07) is 0. The molecule has 1 spiro atoms. The predicted molar refractivity (Wildman–Crippen MR) is 126 cm³/mol. The van der Waals surface area contributed by atoms with Gasteiger partial charge in [0, 0.05) is 17.9 Å². The van der Waals surface area contributed by atoms with E-state index in [9.17, 15) is 29.7 Å². The summed E-state index contributed by atoms with van der Waals surface area (Å²) < 4.78 is 11.9. The first-order valence-electron chi connectivity index (χ1n) is 13.2. The van der Waals surface area contributed by atoms with Gasteiger partial charge in [-0.1, -0.05) is 11.6 Å². The summed E-state index contributed by atoms with van der Waals surface area (Å²) in [5.41, 5.74) is -5.20. The highest BCUT2D eigenvalue weighted by Gasteiger charge is 2.81. The van der Waals surface area contributed by atoms with Gasteiger partial charge in [0.25, 0.3) is 0 Å². The number of carbonyl (C=O) groups excluding carboxylic acids is 3. The first-order chi connectivity index (χ1) is 16.8. The number of rotatable bonds is 1. The van der Waals surface area contributed by atoms with Crippen molar-refractivity contribution >= 4 is 17.7 Å². The number of allylic oxidation sites excluding steroid dienone is 1. The van der Waals surface area contributed by atoms with Gasteiger partial charge >= 0.3 is 11.9 Å². The number of hydrogen-bond donors (Lipinski definition) is 3. The van der Waals surface area contributed by atoms with Crippen LogP contribution in [0.15, 0.2) is 23.3 Å². The van der Waals surface area contributed by atoms with Crippen molar-refractivity contribution in [3.8, 4) is 0 Å². The van der Waals surface area contributed by atoms with Crippen LogP contribution in [0, 0.1) is 28.6 Å². The summed E-state index contributed by atoms with van der Waals surface area (Å²) >= 11 is 0. The average Bonchev–Trinajstić information content (AvgIpc) is 3.26. The van der Waals surface area contributed by atoms with Crippen LogP contribution in [-0.2, 0) is 23.9 Å². The zero-order chi connectivity index (χ0) is 26.1. The summed E-state index contributed by atoms with van der Waals surface area (Å²) in [4.78, 5) is 39.6. The van der Waals surface area contributed by atoms with Gasteiger partial charge in [0.2, 0.25) is 0 Å². The lowest BCUT2D eigenvalue weighted by molar-refractivity contribution is -0.261. The van der Waals surface area contributed by atoms with Crippen LogP contribution in [0.2, 0.25) is 0 Å². The van der Waals surface area contributed by atoms with Crippen molar-refractivity contribution < 1.29 is 39.2 Å². The van der Waals surface area contributed by atoms with E-state index < -0.39 is 63.6 Å². The summed E-state index contributed by atoms with van der Waals surface area (Å²) in [6.45, 7) is 7.14. The van der Waals surface area contributed by atoms with Crippen molar-refractivity contribution in [2.75, 3.05) is 0 Å². The van der Waals surface area contributed by atoms with Gasteiger partial charge < -0.3 is 24.8 Å². The normalized spacial score (nSPS) is 53.9. The molecule has 2 aliphatic heterocycles. The summed E-state index contributed by atoms with van der Waals surface area (Å²) in [5, 5.41) is 35.2. The smallest absolute Gasteiger partial charge is 0.334 e. The number of aliphatic hydroxyl groups excluding tert-OH is 1. The molecule has 1 saturated heterocycles. The Kier molecular flexibility index (Phi) is 4.78. The fourth-order valence-electron chi connectivity index (χ4n) is 9.41. The summed E-state index contributed by atoms with van der Waals surface area (Å²) in [7, 11) is 0. The number of aliphatic hydroxyl groups is 3. The van der Waals surface area contributed by atoms with E-state index in [1.165, 1.54) is 6.08 Å². The zero-order valence-electron chi connectivity index (χ0n) is 21.4. The third-order valence-electron chi connectivity index (χ3n) is 11.7. The largest absolute Gasteiger partial charge is 0.455 e. The van der Waals surface area contributed by atoms with Gasteiger partial charge in [-0.25, -0.2) is 4.79 Å². The lowest BCUT2D eigenvalue weighted by Gasteiger charge is -2.64. The second-order valence-electron chi connectivity index (χ2n) is 12.7. The monoisotopic (exact) mass is 500 g/mol. The average molecular weight is 501 g/mol. The maximum absolute atomic E-state index is 13.8. The molecule has 0 radical (unpaired) electrons. The lowest BCUT2D eigenvalue weighted by atomic mass is 9.41. The molecular weight excluding hydrogens is 464 g/mol. The van der Waals surface area contributed by atoms with Crippen molar-refractivity contribution in [3.05, 3.63) is 23.3 Å². The third-order valence-corrected chi connectivity index (χ3v) is 11.7. The van der Waals surface area contributed by atoms with Crippen LogP contribution in [0.3, 0.4) is 0 Å². The molecule has 196 valence electrons. The summed E-state index contributed by atoms with van der Waals surface area (Å²) in [6.07, 6.45) is 3.56. The Balaban J connectivity index is 1.41. The third kappa shape index (κ3) is 2.45. The number of esters is 2. The minimum absolute atomic E-state index is 0.103. The first kappa shape index (κ1) is 24.3. The van der Waals surface area contributed by atoms with E-state index in [1.54, 1.807) is 19.9 Å². The topological polar surface area (TPSA) is 130 Å². The van der Waals surface area contributed by atoms with E-state index in [1.807, 2.05) is 13.8 Å². The minimum atomic E-state index is -1.61. The second-order valence-corrected chi connectivity index (χ2v) is 12.7. The highest BCUT2D eigenvalue weighted by molar-refractivity contribution is 5.97. The van der Waals surface area contributed by atoms with Gasteiger partial charge in [-0.3, -0.25) is 9.59 Å². The molecule has 8 heteroatoms. The van der Waals surface area contributed by atoms with E-state index >= 15 is 0 Å². The molecule has 6 aliphatic rings. The molecule has 0 aromatic carbocycles. The predicted octanol–water partition coefficient (Wildman–Crippen LogP) is 2.14. The molecule has 4 aliphatic carbocycles. The Hall–Kier alpha value is -2.03. The van der Waals surface area contributed by atoms with Crippen LogP contribution in [-0.4, -0.2) is 62.1 Å². The van der Waals surface area contributed by atoms with E-state index in [0.29, 0.717) is 37.7 Å². The standard InChI is InChI=1S/C28H36O8/c1-14-12-21(35-22(31)15(14)2)25(4)18-8-11-27(33)17-13-20(30)28(34)9-5-6-19(29)24(28,3)16(17)7-10-26(18,27)23(32)36-25/h5-6,16-18,20-21,30,33-34H,7-13H2,1-4H3/t16-,17+,18+,20+,21+,24-,25+,26+,27+,28-/m0/s1. The van der Waals surface area contributed by atoms with Crippen LogP contribution in [0.1, 0.15) is 72.6 Å². The van der Waals surface area contributed by atoms with Gasteiger partial charge in [-0.2, -0.15) is 0 Å². The molecule has 4 fully saturated rings. The molecule has 3 N–H and O–H groups in total. The Morgan fingerprint density at radius 3 is 2.42 bits per heavy atom. The number of ether oxygens (including phenoxy) is 2. The van der Waals surface area contributed by atoms with Gasteiger partial charge in [-0.05, 0) is 84.1 Å². The molecule has 2 heterocycles. The zero-order valence-corrected chi connectivity index (χ0v) is 21.4. The Morgan fingerprint density at radius 1 is 1.00 bits per heavy atom. The molecule has 10 atom stereocenters. The van der Waals surface area contributed by atoms with Gasteiger partial charge in [-0.15, -0.1) is 0 Å². The van der Waals surface area contributed by atoms with Crippen molar-refractivity contribution in [1.29, 1.82) is 0 Å². The highest BCUT2D eigenvalue weighted by Crippen LogP contribution is 2.73. The van der Waals surface area contributed by atoms with Crippen molar-refractivity contribution in [2.24, 2.45) is 28.6 Å². The Labute approximate surface area is 210 Å². The van der Waals surface area contributed by atoms with Gasteiger partial charge in [0.05, 0.1) is 17.1 Å². The molecule has 0 unspecified atom stereocenters. The fraction of sp³-hybridized carbons (Fsp3) is 0.750. The first-order valence-corrected chi connectivity index (χ1v) is 13.2. The molecule has 0 aromatic heterocycles. The van der Waals surface area contributed by atoms with Gasteiger partial charge in [0.15, 0.2) is 11.4 Å². The summed E-state index contributed by atoms with van der Waals surface area (Å²) in [5.74, 6) is -2.46. The van der Waals surface area contributed by atoms with Crippen LogP contribution in [0.25, 0.3) is 0 Å². The molecule has 3 saturated carbocycles. The molecule has 0 aromatic rings. The van der Waals surface area contributed by atoms with Crippen molar-refractivity contribution in [2.45, 2.75) is 102 Å². The van der Waals surface area contributed by atoms with E-state index in [0.717, 1.165) is 5.57 Å². The lowest BCUT2D eigenvalue weighted by Crippen LogP contribution is -2.73. The minimum Gasteiger partial charge on any atom is -0.455 e.